The Labute approximate surface area is 132 Å². The molecule has 2 rings (SSSR count). The molecule has 0 saturated heterocycles. The van der Waals surface area contributed by atoms with Gasteiger partial charge in [-0.15, -0.1) is 11.3 Å². The number of benzene rings is 1. The highest BCUT2D eigenvalue weighted by molar-refractivity contribution is 7.11. The number of hydrogen-bond acceptors (Lipinski definition) is 3. The van der Waals surface area contributed by atoms with Gasteiger partial charge in [-0.25, -0.2) is 4.98 Å². The highest BCUT2D eigenvalue weighted by Crippen LogP contribution is 2.24. The van der Waals surface area contributed by atoms with Crippen molar-refractivity contribution in [3.05, 3.63) is 51.5 Å². The minimum absolute atomic E-state index is 0.215. The first-order valence-electron chi connectivity index (χ1n) is 7.67. The summed E-state index contributed by atoms with van der Waals surface area (Å²) in [5.41, 5.74) is 2.92. The van der Waals surface area contributed by atoms with Crippen molar-refractivity contribution in [1.82, 2.24) is 10.3 Å². The van der Waals surface area contributed by atoms with Crippen molar-refractivity contribution in [3.8, 4) is 0 Å². The van der Waals surface area contributed by atoms with E-state index in [9.17, 15) is 0 Å². The van der Waals surface area contributed by atoms with E-state index in [-0.39, 0.29) is 5.41 Å². The molecule has 0 saturated carbocycles. The summed E-state index contributed by atoms with van der Waals surface area (Å²) in [5.74, 6) is 0. The molecule has 2 nitrogen and oxygen atoms in total. The van der Waals surface area contributed by atoms with E-state index in [1.165, 1.54) is 21.0 Å². The Morgan fingerprint density at radius 2 is 1.86 bits per heavy atom. The van der Waals surface area contributed by atoms with Crippen LogP contribution in [0, 0.1) is 0 Å². The number of nitrogens with one attached hydrogen (secondary N) is 1. The van der Waals surface area contributed by atoms with Crippen molar-refractivity contribution in [2.45, 2.75) is 59.0 Å². The number of aryl methyl sites for hydroxylation is 1. The lowest BCUT2D eigenvalue weighted by Crippen LogP contribution is -2.18. The molecule has 2 aromatic rings. The molecule has 114 valence electrons. The minimum Gasteiger partial charge on any atom is -0.304 e. The smallest absolute Gasteiger partial charge is 0.107 e. The normalized spacial score (nSPS) is 13.4. The summed E-state index contributed by atoms with van der Waals surface area (Å²) in [6, 6.07) is 9.29. The van der Waals surface area contributed by atoms with Gasteiger partial charge in [0.2, 0.25) is 0 Å². The Kier molecular flexibility index (Phi) is 5.17. The van der Waals surface area contributed by atoms with Gasteiger partial charge in [0.1, 0.15) is 5.01 Å². The van der Waals surface area contributed by atoms with Gasteiger partial charge in [0.05, 0.1) is 0 Å². The third kappa shape index (κ3) is 4.39. The van der Waals surface area contributed by atoms with Gasteiger partial charge in [-0.2, -0.15) is 0 Å². The predicted molar refractivity (Wildman–Crippen MR) is 91.9 cm³/mol. The summed E-state index contributed by atoms with van der Waals surface area (Å²) >= 11 is 1.80. The third-order valence-electron chi connectivity index (χ3n) is 3.79. The number of rotatable bonds is 5. The van der Waals surface area contributed by atoms with Crippen molar-refractivity contribution >= 4 is 11.3 Å². The SMILES string of the molecule is CCc1cnc(CNC(C)c2ccc(C(C)(C)C)cc2)s1. The fourth-order valence-electron chi connectivity index (χ4n) is 2.22. The topological polar surface area (TPSA) is 24.9 Å². The zero-order chi connectivity index (χ0) is 15.5. The molecule has 0 aliphatic carbocycles. The highest BCUT2D eigenvalue weighted by atomic mass is 32.1. The Balaban J connectivity index is 1.95. The Morgan fingerprint density at radius 1 is 1.19 bits per heavy atom. The van der Waals surface area contributed by atoms with E-state index in [4.69, 9.17) is 0 Å². The average molecular weight is 302 g/mol. The summed E-state index contributed by atoms with van der Waals surface area (Å²) in [6.07, 6.45) is 3.06. The second-order valence-corrected chi connectivity index (χ2v) is 7.75. The predicted octanol–water partition coefficient (Wildman–Crippen LogP) is 4.85. The molecule has 21 heavy (non-hydrogen) atoms. The quantitative estimate of drug-likeness (QED) is 0.853. The lowest BCUT2D eigenvalue weighted by Gasteiger charge is -2.20. The zero-order valence-electron chi connectivity index (χ0n) is 13.7. The molecule has 0 aliphatic rings. The summed E-state index contributed by atoms with van der Waals surface area (Å²) in [7, 11) is 0. The molecule has 0 bridgehead atoms. The van der Waals surface area contributed by atoms with Crippen LogP contribution in [-0.4, -0.2) is 4.98 Å². The summed E-state index contributed by atoms with van der Waals surface area (Å²) in [5, 5.41) is 4.73. The molecule has 0 aliphatic heterocycles. The van der Waals surface area contributed by atoms with Crippen LogP contribution in [0.25, 0.3) is 0 Å². The van der Waals surface area contributed by atoms with Crippen molar-refractivity contribution < 1.29 is 0 Å². The molecule has 1 heterocycles. The highest BCUT2D eigenvalue weighted by Gasteiger charge is 2.14. The molecule has 1 aromatic heterocycles. The standard InChI is InChI=1S/C18H26N2S/c1-6-16-11-20-17(21-16)12-19-13(2)14-7-9-15(10-8-14)18(3,4)5/h7-11,13,19H,6,12H2,1-5H3. The Hall–Kier alpha value is -1.19. The van der Waals surface area contributed by atoms with Crippen LogP contribution in [0.2, 0.25) is 0 Å². The number of nitrogens with zero attached hydrogens (tertiary/aromatic N) is 1. The van der Waals surface area contributed by atoms with E-state index in [1.54, 1.807) is 11.3 Å². The van der Waals surface area contributed by atoms with Gasteiger partial charge in [-0.3, -0.25) is 0 Å². The first-order valence-corrected chi connectivity index (χ1v) is 8.49. The van der Waals surface area contributed by atoms with Gasteiger partial charge < -0.3 is 5.32 Å². The molecule has 1 aromatic carbocycles. The molecular weight excluding hydrogens is 276 g/mol. The third-order valence-corrected chi connectivity index (χ3v) is 4.93. The van der Waals surface area contributed by atoms with Crippen LogP contribution < -0.4 is 5.32 Å². The van der Waals surface area contributed by atoms with E-state index < -0.39 is 0 Å². The van der Waals surface area contributed by atoms with Crippen LogP contribution in [0.1, 0.15) is 61.7 Å². The Bertz CT molecular complexity index is 564. The Morgan fingerprint density at radius 3 is 2.38 bits per heavy atom. The second kappa shape index (κ2) is 6.71. The molecule has 1 N–H and O–H groups in total. The van der Waals surface area contributed by atoms with E-state index in [2.05, 4.69) is 69.2 Å². The van der Waals surface area contributed by atoms with Crippen molar-refractivity contribution in [2.75, 3.05) is 0 Å². The molecule has 1 atom stereocenters. The van der Waals surface area contributed by atoms with Crippen LogP contribution in [0.3, 0.4) is 0 Å². The summed E-state index contributed by atoms with van der Waals surface area (Å²) in [4.78, 5) is 5.81. The van der Waals surface area contributed by atoms with Gasteiger partial charge in [0.25, 0.3) is 0 Å². The average Bonchev–Trinajstić information content (AvgIpc) is 2.92. The maximum Gasteiger partial charge on any atom is 0.107 e. The minimum atomic E-state index is 0.215. The van der Waals surface area contributed by atoms with Crippen molar-refractivity contribution in [3.63, 3.8) is 0 Å². The largest absolute Gasteiger partial charge is 0.304 e. The maximum atomic E-state index is 4.46. The fourth-order valence-corrected chi connectivity index (χ4v) is 3.04. The summed E-state index contributed by atoms with van der Waals surface area (Å²) in [6.45, 7) is 12.0. The second-order valence-electron chi connectivity index (χ2n) is 6.55. The van der Waals surface area contributed by atoms with E-state index in [0.717, 1.165) is 13.0 Å². The molecule has 0 amide bonds. The molecule has 3 heteroatoms. The lowest BCUT2D eigenvalue weighted by atomic mass is 9.86. The molecule has 0 fully saturated rings. The maximum absolute atomic E-state index is 4.46. The first-order chi connectivity index (χ1) is 9.90. The molecule has 1 unspecified atom stereocenters. The first kappa shape index (κ1) is 16.2. The number of thiazole rings is 1. The molecule has 0 radical (unpaired) electrons. The number of aromatic nitrogens is 1. The van der Waals surface area contributed by atoms with Gasteiger partial charge in [-0.1, -0.05) is 52.0 Å². The van der Waals surface area contributed by atoms with Gasteiger partial charge in [0.15, 0.2) is 0 Å². The van der Waals surface area contributed by atoms with Crippen LogP contribution in [0.15, 0.2) is 30.5 Å². The van der Waals surface area contributed by atoms with Gasteiger partial charge >= 0.3 is 0 Å². The van der Waals surface area contributed by atoms with Crippen molar-refractivity contribution in [2.24, 2.45) is 0 Å². The molecular formula is C18H26N2S. The van der Waals surface area contributed by atoms with Crippen LogP contribution in [0.5, 0.6) is 0 Å². The van der Waals surface area contributed by atoms with Crippen LogP contribution in [0.4, 0.5) is 0 Å². The van der Waals surface area contributed by atoms with E-state index in [0.29, 0.717) is 6.04 Å². The fraction of sp³-hybridized carbons (Fsp3) is 0.500. The van der Waals surface area contributed by atoms with Crippen LogP contribution in [-0.2, 0) is 18.4 Å². The van der Waals surface area contributed by atoms with Gasteiger partial charge in [0, 0.05) is 23.7 Å². The monoisotopic (exact) mass is 302 g/mol. The van der Waals surface area contributed by atoms with Gasteiger partial charge in [-0.05, 0) is 29.9 Å². The van der Waals surface area contributed by atoms with Crippen molar-refractivity contribution in [1.29, 1.82) is 0 Å². The van der Waals surface area contributed by atoms with E-state index >= 15 is 0 Å². The lowest BCUT2D eigenvalue weighted by molar-refractivity contribution is 0.568. The zero-order valence-corrected chi connectivity index (χ0v) is 14.6. The molecule has 0 spiro atoms. The summed E-state index contributed by atoms with van der Waals surface area (Å²) < 4.78 is 0. The van der Waals surface area contributed by atoms with E-state index in [1.807, 2.05) is 6.20 Å². The number of hydrogen-bond donors (Lipinski definition) is 1. The van der Waals surface area contributed by atoms with Crippen LogP contribution >= 0.6 is 11.3 Å².